The zero-order valence-corrected chi connectivity index (χ0v) is 8.86. The van der Waals surface area contributed by atoms with Crippen LogP contribution >= 0.6 is 23.2 Å². The first-order chi connectivity index (χ1) is 6.02. The Kier molecular flexibility index (Phi) is 3.17. The van der Waals surface area contributed by atoms with Gasteiger partial charge in [0.25, 0.3) is 5.24 Å². The Labute approximate surface area is 87.1 Å². The maximum absolute atomic E-state index is 10.8. The minimum atomic E-state index is -0.532. The molecule has 0 unspecified atom stereocenters. The lowest BCUT2D eigenvalue weighted by Crippen LogP contribution is -2.08. The smallest absolute Gasteiger partial charge is 0.253 e. The molecule has 0 fully saturated rings. The summed E-state index contributed by atoms with van der Waals surface area (Å²) in [5.74, 6) is 0. The van der Waals surface area contributed by atoms with Gasteiger partial charge in [0, 0.05) is 19.8 Å². The van der Waals surface area contributed by atoms with Gasteiger partial charge in [-0.3, -0.25) is 4.79 Å². The molecule has 0 saturated carbocycles. The standard InChI is InChI=1S/C9H9Cl2NO/c1-12(2)6-3-4-7(9(11)13)8(10)5-6/h3-5H,1-2H3. The van der Waals surface area contributed by atoms with E-state index in [0.29, 0.717) is 10.6 Å². The molecule has 70 valence electrons. The van der Waals surface area contributed by atoms with Crippen LogP contribution in [0.5, 0.6) is 0 Å². The number of rotatable bonds is 2. The molecule has 0 heterocycles. The molecular weight excluding hydrogens is 209 g/mol. The van der Waals surface area contributed by atoms with E-state index < -0.39 is 5.24 Å². The molecule has 0 amide bonds. The summed E-state index contributed by atoms with van der Waals surface area (Å²) >= 11 is 11.1. The van der Waals surface area contributed by atoms with Crippen LogP contribution in [0.4, 0.5) is 5.69 Å². The third-order valence-electron chi connectivity index (χ3n) is 1.68. The van der Waals surface area contributed by atoms with Crippen molar-refractivity contribution in [3.63, 3.8) is 0 Å². The van der Waals surface area contributed by atoms with Crippen LogP contribution in [-0.4, -0.2) is 19.3 Å². The highest BCUT2D eigenvalue weighted by Crippen LogP contribution is 2.23. The summed E-state index contributed by atoms with van der Waals surface area (Å²) in [6, 6.07) is 5.12. The van der Waals surface area contributed by atoms with E-state index in [2.05, 4.69) is 0 Å². The third-order valence-corrected chi connectivity index (χ3v) is 2.20. The lowest BCUT2D eigenvalue weighted by molar-refractivity contribution is 0.108. The maximum Gasteiger partial charge on any atom is 0.253 e. The van der Waals surface area contributed by atoms with Crippen LogP contribution in [0.2, 0.25) is 5.02 Å². The highest BCUT2D eigenvalue weighted by molar-refractivity contribution is 6.68. The molecule has 13 heavy (non-hydrogen) atoms. The zero-order valence-electron chi connectivity index (χ0n) is 7.34. The van der Waals surface area contributed by atoms with E-state index in [1.54, 1.807) is 18.2 Å². The predicted molar refractivity (Wildman–Crippen MR) is 56.0 cm³/mol. The van der Waals surface area contributed by atoms with Gasteiger partial charge in [-0.05, 0) is 29.8 Å². The minimum absolute atomic E-state index is 0.342. The van der Waals surface area contributed by atoms with E-state index in [0.717, 1.165) is 5.69 Å². The SMILES string of the molecule is CN(C)c1ccc(C(=O)Cl)c(Cl)c1. The first kappa shape index (κ1) is 10.4. The second-order valence-corrected chi connectivity index (χ2v) is 3.58. The first-order valence-electron chi connectivity index (χ1n) is 3.69. The van der Waals surface area contributed by atoms with Gasteiger partial charge < -0.3 is 4.90 Å². The van der Waals surface area contributed by atoms with E-state index in [4.69, 9.17) is 23.2 Å². The molecule has 0 saturated heterocycles. The highest BCUT2D eigenvalue weighted by atomic mass is 35.5. The summed E-state index contributed by atoms with van der Waals surface area (Å²) in [6.07, 6.45) is 0. The van der Waals surface area contributed by atoms with Gasteiger partial charge in [-0.2, -0.15) is 0 Å². The molecule has 0 atom stereocenters. The van der Waals surface area contributed by atoms with Gasteiger partial charge >= 0.3 is 0 Å². The number of carbonyl (C=O) groups excluding carboxylic acids is 1. The van der Waals surface area contributed by atoms with Crippen molar-refractivity contribution in [2.75, 3.05) is 19.0 Å². The molecule has 1 rings (SSSR count). The summed E-state index contributed by atoms with van der Waals surface area (Å²) in [5.41, 5.74) is 1.28. The number of hydrogen-bond donors (Lipinski definition) is 0. The minimum Gasteiger partial charge on any atom is -0.378 e. The number of benzene rings is 1. The topological polar surface area (TPSA) is 20.3 Å². The quantitative estimate of drug-likeness (QED) is 0.711. The molecule has 0 aromatic heterocycles. The first-order valence-corrected chi connectivity index (χ1v) is 4.44. The molecule has 0 aliphatic heterocycles. The van der Waals surface area contributed by atoms with Gasteiger partial charge in [0.15, 0.2) is 0 Å². The average Bonchev–Trinajstić information content (AvgIpc) is 2.03. The van der Waals surface area contributed by atoms with Crippen LogP contribution in [-0.2, 0) is 0 Å². The molecular formula is C9H9Cl2NO. The van der Waals surface area contributed by atoms with Crippen LogP contribution < -0.4 is 4.90 Å². The van der Waals surface area contributed by atoms with Crippen molar-refractivity contribution in [2.24, 2.45) is 0 Å². The monoisotopic (exact) mass is 217 g/mol. The fourth-order valence-corrected chi connectivity index (χ4v) is 1.42. The van der Waals surface area contributed by atoms with E-state index in [-0.39, 0.29) is 0 Å². The van der Waals surface area contributed by atoms with Crippen LogP contribution in [0.25, 0.3) is 0 Å². The van der Waals surface area contributed by atoms with Crippen molar-refractivity contribution in [2.45, 2.75) is 0 Å². The molecule has 1 aromatic rings. The number of halogens is 2. The van der Waals surface area contributed by atoms with E-state index in [1.807, 2.05) is 19.0 Å². The molecule has 0 bridgehead atoms. The van der Waals surface area contributed by atoms with E-state index >= 15 is 0 Å². The average molecular weight is 218 g/mol. The van der Waals surface area contributed by atoms with Crippen molar-refractivity contribution >= 4 is 34.1 Å². The van der Waals surface area contributed by atoms with Crippen LogP contribution in [0.15, 0.2) is 18.2 Å². The molecule has 1 aromatic carbocycles. The predicted octanol–water partition coefficient (Wildman–Crippen LogP) is 2.79. The fourth-order valence-electron chi connectivity index (χ4n) is 0.942. The third kappa shape index (κ3) is 2.36. The maximum atomic E-state index is 10.8. The zero-order chi connectivity index (χ0) is 10.0. The van der Waals surface area contributed by atoms with Crippen LogP contribution in [0, 0.1) is 0 Å². The van der Waals surface area contributed by atoms with Crippen molar-refractivity contribution in [3.8, 4) is 0 Å². The lowest BCUT2D eigenvalue weighted by atomic mass is 10.2. The number of anilines is 1. The summed E-state index contributed by atoms with van der Waals surface area (Å²) < 4.78 is 0. The van der Waals surface area contributed by atoms with Crippen molar-refractivity contribution in [1.82, 2.24) is 0 Å². The van der Waals surface area contributed by atoms with Gasteiger partial charge in [-0.15, -0.1) is 0 Å². The molecule has 0 radical (unpaired) electrons. The van der Waals surface area contributed by atoms with Crippen molar-refractivity contribution in [3.05, 3.63) is 28.8 Å². The normalized spacial score (nSPS) is 9.85. The Balaban J connectivity index is 3.13. The molecule has 0 N–H and O–H groups in total. The van der Waals surface area contributed by atoms with Crippen LogP contribution in [0.1, 0.15) is 10.4 Å². The lowest BCUT2D eigenvalue weighted by Gasteiger charge is -2.12. The van der Waals surface area contributed by atoms with Gasteiger partial charge in [0.2, 0.25) is 0 Å². The Hall–Kier alpha value is -0.730. The largest absolute Gasteiger partial charge is 0.378 e. The second kappa shape index (κ2) is 3.99. The molecule has 4 heteroatoms. The fraction of sp³-hybridized carbons (Fsp3) is 0.222. The van der Waals surface area contributed by atoms with Crippen molar-refractivity contribution in [1.29, 1.82) is 0 Å². The Morgan fingerprint density at radius 3 is 2.38 bits per heavy atom. The molecule has 0 aliphatic rings. The summed E-state index contributed by atoms with van der Waals surface area (Å²) in [7, 11) is 3.79. The van der Waals surface area contributed by atoms with Gasteiger partial charge in [0.1, 0.15) is 0 Å². The number of carbonyl (C=O) groups is 1. The van der Waals surface area contributed by atoms with Crippen molar-refractivity contribution < 1.29 is 4.79 Å². The van der Waals surface area contributed by atoms with E-state index in [1.165, 1.54) is 0 Å². The van der Waals surface area contributed by atoms with Gasteiger partial charge in [0.05, 0.1) is 10.6 Å². The highest BCUT2D eigenvalue weighted by Gasteiger charge is 2.08. The Morgan fingerprint density at radius 2 is 2.00 bits per heavy atom. The number of nitrogens with zero attached hydrogens (tertiary/aromatic N) is 1. The Bertz CT molecular complexity index is 336. The van der Waals surface area contributed by atoms with Gasteiger partial charge in [-0.25, -0.2) is 0 Å². The van der Waals surface area contributed by atoms with Crippen LogP contribution in [0.3, 0.4) is 0 Å². The molecule has 0 aliphatic carbocycles. The second-order valence-electron chi connectivity index (χ2n) is 2.83. The summed E-state index contributed by atoms with van der Waals surface area (Å²) in [5, 5.41) is -0.151. The van der Waals surface area contributed by atoms with E-state index in [9.17, 15) is 4.79 Å². The molecule has 0 spiro atoms. The number of hydrogen-bond acceptors (Lipinski definition) is 2. The van der Waals surface area contributed by atoms with Gasteiger partial charge in [-0.1, -0.05) is 11.6 Å². The Morgan fingerprint density at radius 1 is 1.38 bits per heavy atom. The molecule has 2 nitrogen and oxygen atoms in total. The summed E-state index contributed by atoms with van der Waals surface area (Å²) in [4.78, 5) is 12.7. The summed E-state index contributed by atoms with van der Waals surface area (Å²) in [6.45, 7) is 0.